The standard InChI is InChI=1S/C20H19Cl2N3O3/c21-14-7-8-18(16(22)11-14)28-9-3-6-19(26)24-25-20(27)10-13-12-23-17-5-2-1-4-15(13)17/h1-2,4-5,7-8,11-12,23H,3,6,9-10H2,(H,24,26)(H,25,27). The highest BCUT2D eigenvalue weighted by molar-refractivity contribution is 6.35. The van der Waals surface area contributed by atoms with Gasteiger partial charge in [0.1, 0.15) is 5.75 Å². The first-order chi connectivity index (χ1) is 13.5. The highest BCUT2D eigenvalue weighted by Crippen LogP contribution is 2.27. The average molecular weight is 420 g/mol. The monoisotopic (exact) mass is 419 g/mol. The molecule has 3 aromatic rings. The molecule has 146 valence electrons. The fourth-order valence-electron chi connectivity index (χ4n) is 2.70. The third-order valence-corrected chi connectivity index (χ3v) is 4.60. The second kappa shape index (κ2) is 9.48. The molecule has 0 aliphatic carbocycles. The first kappa shape index (κ1) is 20.0. The Morgan fingerprint density at radius 2 is 1.82 bits per heavy atom. The summed E-state index contributed by atoms with van der Waals surface area (Å²) in [5.74, 6) is -0.0705. The third kappa shape index (κ3) is 5.41. The lowest BCUT2D eigenvalue weighted by Gasteiger charge is -2.09. The molecule has 0 aliphatic heterocycles. The second-order valence-corrected chi connectivity index (χ2v) is 7.00. The van der Waals surface area contributed by atoms with E-state index in [4.69, 9.17) is 27.9 Å². The quantitative estimate of drug-likeness (QED) is 0.399. The number of amides is 2. The van der Waals surface area contributed by atoms with E-state index in [0.717, 1.165) is 16.5 Å². The van der Waals surface area contributed by atoms with Crippen LogP contribution in [-0.4, -0.2) is 23.4 Å². The van der Waals surface area contributed by atoms with Crippen LogP contribution in [0.5, 0.6) is 5.75 Å². The van der Waals surface area contributed by atoms with Crippen LogP contribution in [0.3, 0.4) is 0 Å². The van der Waals surface area contributed by atoms with Gasteiger partial charge in [0.05, 0.1) is 18.1 Å². The molecular formula is C20H19Cl2N3O3. The average Bonchev–Trinajstić information content (AvgIpc) is 3.08. The minimum Gasteiger partial charge on any atom is -0.492 e. The van der Waals surface area contributed by atoms with Crippen molar-refractivity contribution in [3.63, 3.8) is 0 Å². The Hall–Kier alpha value is -2.70. The SMILES string of the molecule is O=C(CCCOc1ccc(Cl)cc1Cl)NNC(=O)Cc1c[nH]c2ccccc12. The fourth-order valence-corrected chi connectivity index (χ4v) is 3.17. The number of hydrazine groups is 1. The van der Waals surface area contributed by atoms with E-state index < -0.39 is 0 Å². The Morgan fingerprint density at radius 3 is 2.64 bits per heavy atom. The predicted octanol–water partition coefficient (Wildman–Crippen LogP) is 4.02. The molecule has 8 heteroatoms. The first-order valence-corrected chi connectivity index (χ1v) is 9.49. The van der Waals surface area contributed by atoms with Crippen LogP contribution in [0.15, 0.2) is 48.7 Å². The zero-order valence-corrected chi connectivity index (χ0v) is 16.4. The lowest BCUT2D eigenvalue weighted by Crippen LogP contribution is -2.42. The maximum atomic E-state index is 12.0. The molecule has 0 aliphatic rings. The van der Waals surface area contributed by atoms with Crippen molar-refractivity contribution >= 4 is 45.9 Å². The van der Waals surface area contributed by atoms with Crippen molar-refractivity contribution < 1.29 is 14.3 Å². The molecule has 0 unspecified atom stereocenters. The Morgan fingerprint density at radius 1 is 1.04 bits per heavy atom. The van der Waals surface area contributed by atoms with Gasteiger partial charge in [0.25, 0.3) is 0 Å². The Bertz CT molecular complexity index is 988. The van der Waals surface area contributed by atoms with E-state index in [0.29, 0.717) is 28.8 Å². The molecule has 0 atom stereocenters. The normalized spacial score (nSPS) is 10.6. The number of para-hydroxylation sites is 1. The van der Waals surface area contributed by atoms with Crippen molar-refractivity contribution in [3.8, 4) is 5.75 Å². The predicted molar refractivity (Wildman–Crippen MR) is 109 cm³/mol. The summed E-state index contributed by atoms with van der Waals surface area (Å²) in [6.07, 6.45) is 2.65. The van der Waals surface area contributed by atoms with E-state index in [1.54, 1.807) is 24.4 Å². The van der Waals surface area contributed by atoms with Gasteiger partial charge in [0, 0.05) is 28.5 Å². The van der Waals surface area contributed by atoms with Gasteiger partial charge in [-0.05, 0) is 36.2 Å². The molecule has 2 amide bonds. The number of hydrogen-bond donors (Lipinski definition) is 3. The molecule has 28 heavy (non-hydrogen) atoms. The Labute approximate surface area is 172 Å². The van der Waals surface area contributed by atoms with E-state index in [9.17, 15) is 9.59 Å². The molecule has 0 bridgehead atoms. The van der Waals surface area contributed by atoms with Crippen molar-refractivity contribution in [2.75, 3.05) is 6.61 Å². The zero-order valence-electron chi connectivity index (χ0n) is 14.9. The molecule has 0 saturated heterocycles. The molecule has 2 aromatic carbocycles. The number of nitrogens with one attached hydrogen (secondary N) is 3. The Balaban J connectivity index is 1.36. The zero-order chi connectivity index (χ0) is 19.9. The summed E-state index contributed by atoms with van der Waals surface area (Å²) in [4.78, 5) is 27.0. The van der Waals surface area contributed by atoms with E-state index >= 15 is 0 Å². The van der Waals surface area contributed by atoms with Gasteiger partial charge in [-0.25, -0.2) is 0 Å². The first-order valence-electron chi connectivity index (χ1n) is 8.73. The van der Waals surface area contributed by atoms with Gasteiger partial charge in [0.2, 0.25) is 11.8 Å². The molecule has 0 saturated carbocycles. The van der Waals surface area contributed by atoms with E-state index in [1.165, 1.54) is 0 Å². The van der Waals surface area contributed by atoms with Gasteiger partial charge in [0.15, 0.2) is 0 Å². The van der Waals surface area contributed by atoms with E-state index in [1.807, 2.05) is 24.3 Å². The number of aromatic nitrogens is 1. The second-order valence-electron chi connectivity index (χ2n) is 6.16. The summed E-state index contributed by atoms with van der Waals surface area (Å²) in [5, 5.41) is 1.93. The largest absolute Gasteiger partial charge is 0.492 e. The van der Waals surface area contributed by atoms with Gasteiger partial charge in [-0.2, -0.15) is 0 Å². The maximum Gasteiger partial charge on any atom is 0.242 e. The minimum atomic E-state index is -0.293. The minimum absolute atomic E-state index is 0.169. The summed E-state index contributed by atoms with van der Waals surface area (Å²) < 4.78 is 5.52. The van der Waals surface area contributed by atoms with Crippen LogP contribution in [0.25, 0.3) is 10.9 Å². The highest BCUT2D eigenvalue weighted by Gasteiger charge is 2.10. The molecule has 6 nitrogen and oxygen atoms in total. The Kier molecular flexibility index (Phi) is 6.79. The van der Waals surface area contributed by atoms with Gasteiger partial charge in [-0.15, -0.1) is 0 Å². The van der Waals surface area contributed by atoms with Crippen molar-refractivity contribution in [3.05, 3.63) is 64.3 Å². The molecule has 3 rings (SSSR count). The summed E-state index contributed by atoms with van der Waals surface area (Å²) in [5.41, 5.74) is 6.68. The van der Waals surface area contributed by atoms with Crippen LogP contribution in [0, 0.1) is 0 Å². The number of benzene rings is 2. The lowest BCUT2D eigenvalue weighted by molar-refractivity contribution is -0.128. The smallest absolute Gasteiger partial charge is 0.242 e. The van der Waals surface area contributed by atoms with Gasteiger partial charge in [-0.3, -0.25) is 20.4 Å². The topological polar surface area (TPSA) is 83.2 Å². The summed E-state index contributed by atoms with van der Waals surface area (Å²) in [6, 6.07) is 12.7. The maximum absolute atomic E-state index is 12.0. The van der Waals surface area contributed by atoms with Gasteiger partial charge >= 0.3 is 0 Å². The van der Waals surface area contributed by atoms with E-state index in [-0.39, 0.29) is 24.7 Å². The third-order valence-electron chi connectivity index (χ3n) is 4.07. The molecule has 3 N–H and O–H groups in total. The van der Waals surface area contributed by atoms with Crippen LogP contribution < -0.4 is 15.6 Å². The van der Waals surface area contributed by atoms with Crippen LogP contribution in [0.1, 0.15) is 18.4 Å². The summed E-state index contributed by atoms with van der Waals surface area (Å²) in [7, 11) is 0. The van der Waals surface area contributed by atoms with Crippen LogP contribution in [0.4, 0.5) is 0 Å². The van der Waals surface area contributed by atoms with Crippen LogP contribution >= 0.6 is 23.2 Å². The van der Waals surface area contributed by atoms with Crippen LogP contribution in [-0.2, 0) is 16.0 Å². The molecule has 0 radical (unpaired) electrons. The summed E-state index contributed by atoms with van der Waals surface area (Å²) in [6.45, 7) is 0.318. The van der Waals surface area contributed by atoms with Gasteiger partial charge in [-0.1, -0.05) is 41.4 Å². The molecule has 0 spiro atoms. The van der Waals surface area contributed by atoms with Crippen molar-refractivity contribution in [2.24, 2.45) is 0 Å². The number of hydrogen-bond acceptors (Lipinski definition) is 3. The van der Waals surface area contributed by atoms with Crippen molar-refractivity contribution in [1.29, 1.82) is 0 Å². The van der Waals surface area contributed by atoms with Crippen molar-refractivity contribution in [2.45, 2.75) is 19.3 Å². The lowest BCUT2D eigenvalue weighted by atomic mass is 10.1. The summed E-state index contributed by atoms with van der Waals surface area (Å²) >= 11 is 11.8. The number of H-pyrrole nitrogens is 1. The number of carbonyl (C=O) groups is 2. The molecule has 1 aromatic heterocycles. The number of halogens is 2. The fraction of sp³-hybridized carbons (Fsp3) is 0.200. The van der Waals surface area contributed by atoms with Gasteiger partial charge < -0.3 is 9.72 Å². The molecule has 0 fully saturated rings. The van der Waals surface area contributed by atoms with Crippen molar-refractivity contribution in [1.82, 2.24) is 15.8 Å². The number of fused-ring (bicyclic) bond motifs is 1. The van der Waals surface area contributed by atoms with E-state index in [2.05, 4.69) is 15.8 Å². The molecule has 1 heterocycles. The number of rotatable bonds is 7. The molecular weight excluding hydrogens is 401 g/mol. The number of ether oxygens (including phenoxy) is 1. The number of aromatic amines is 1. The number of carbonyl (C=O) groups excluding carboxylic acids is 2. The van der Waals surface area contributed by atoms with Crippen LogP contribution in [0.2, 0.25) is 10.0 Å². The highest BCUT2D eigenvalue weighted by atomic mass is 35.5.